The van der Waals surface area contributed by atoms with E-state index in [0.29, 0.717) is 11.8 Å². The summed E-state index contributed by atoms with van der Waals surface area (Å²) in [6.07, 6.45) is 1.30. The molecule has 8 heteroatoms. The number of hydrogen-bond acceptors (Lipinski definition) is 6. The van der Waals surface area contributed by atoms with Crippen molar-refractivity contribution in [1.29, 1.82) is 0 Å². The van der Waals surface area contributed by atoms with Gasteiger partial charge >= 0.3 is 11.8 Å². The second kappa shape index (κ2) is 7.18. The molecular formula is C21H27N5O3. The number of alkyl carbamates (subject to hydrolysis) is 1. The predicted octanol–water partition coefficient (Wildman–Crippen LogP) is 1.77. The van der Waals surface area contributed by atoms with Gasteiger partial charge in [0, 0.05) is 31.9 Å². The van der Waals surface area contributed by atoms with Crippen molar-refractivity contribution < 1.29 is 9.53 Å². The van der Waals surface area contributed by atoms with E-state index in [0.717, 1.165) is 25.3 Å². The Morgan fingerprint density at radius 1 is 1.21 bits per heavy atom. The highest BCUT2D eigenvalue weighted by Gasteiger charge is 2.56. The van der Waals surface area contributed by atoms with Gasteiger partial charge < -0.3 is 15.8 Å². The minimum absolute atomic E-state index is 0.218. The topological polar surface area (TPSA) is 102 Å². The molecule has 29 heavy (non-hydrogen) atoms. The monoisotopic (exact) mass is 397 g/mol. The zero-order valence-electron chi connectivity index (χ0n) is 17.0. The van der Waals surface area contributed by atoms with E-state index in [-0.39, 0.29) is 23.6 Å². The van der Waals surface area contributed by atoms with Gasteiger partial charge in [-0.2, -0.15) is 4.98 Å². The SMILES string of the molecule is CC(C)(C)OC(=O)NC1C2CN(Cc3ccc(-n4ccc(N)nc4=O)cc3)C[C@H]21. The van der Waals surface area contributed by atoms with E-state index < -0.39 is 5.60 Å². The minimum atomic E-state index is -0.472. The van der Waals surface area contributed by atoms with E-state index in [2.05, 4.69) is 15.2 Å². The molecule has 2 heterocycles. The number of piperidine rings is 1. The Morgan fingerprint density at radius 3 is 2.45 bits per heavy atom. The molecular weight excluding hydrogens is 370 g/mol. The Labute approximate surface area is 169 Å². The van der Waals surface area contributed by atoms with Crippen LogP contribution in [0.5, 0.6) is 0 Å². The predicted molar refractivity (Wildman–Crippen MR) is 110 cm³/mol. The number of hydrogen-bond donors (Lipinski definition) is 2. The van der Waals surface area contributed by atoms with Crippen molar-refractivity contribution in [2.45, 2.75) is 39.0 Å². The summed E-state index contributed by atoms with van der Waals surface area (Å²) in [5.74, 6) is 1.22. The van der Waals surface area contributed by atoms with Gasteiger partial charge in [0.15, 0.2) is 0 Å². The lowest BCUT2D eigenvalue weighted by atomic mass is 10.2. The van der Waals surface area contributed by atoms with E-state index >= 15 is 0 Å². The minimum Gasteiger partial charge on any atom is -0.444 e. The molecule has 0 bridgehead atoms. The molecule has 2 fully saturated rings. The Bertz CT molecular complexity index is 952. The summed E-state index contributed by atoms with van der Waals surface area (Å²) >= 11 is 0. The number of aromatic nitrogens is 2. The molecule has 1 saturated heterocycles. The molecule has 1 saturated carbocycles. The molecule has 2 aromatic rings. The normalized spacial score (nSPS) is 23.5. The van der Waals surface area contributed by atoms with Crippen molar-refractivity contribution in [2.75, 3.05) is 18.8 Å². The van der Waals surface area contributed by atoms with Crippen LogP contribution < -0.4 is 16.7 Å². The maximum Gasteiger partial charge on any atom is 0.407 e. The molecule has 2 unspecified atom stereocenters. The van der Waals surface area contributed by atoms with Gasteiger partial charge in [-0.15, -0.1) is 0 Å². The highest BCUT2D eigenvalue weighted by Crippen LogP contribution is 2.45. The van der Waals surface area contributed by atoms with Crippen LogP contribution in [-0.4, -0.2) is 45.3 Å². The lowest BCUT2D eigenvalue weighted by Gasteiger charge is -2.22. The maximum atomic E-state index is 12.0. The lowest BCUT2D eigenvalue weighted by molar-refractivity contribution is 0.0513. The largest absolute Gasteiger partial charge is 0.444 e. The standard InChI is InChI=1S/C21H27N5O3/c1-21(2,3)29-20(28)24-18-15-11-25(12-16(15)18)10-13-4-6-14(7-5-13)26-9-8-17(22)23-19(26)27/h4-9,15-16,18H,10-12H2,1-3H3,(H,24,28)(H2,22,23,27)/t15-,16?,18?/m1/s1. The van der Waals surface area contributed by atoms with Gasteiger partial charge in [0.1, 0.15) is 11.4 Å². The molecule has 3 N–H and O–H groups in total. The zero-order valence-corrected chi connectivity index (χ0v) is 17.0. The third-order valence-corrected chi connectivity index (χ3v) is 5.40. The van der Waals surface area contributed by atoms with Gasteiger partial charge in [0.25, 0.3) is 0 Å². The Kier molecular flexibility index (Phi) is 4.82. The molecule has 0 spiro atoms. The van der Waals surface area contributed by atoms with Crippen molar-refractivity contribution in [3.8, 4) is 5.69 Å². The first-order chi connectivity index (χ1) is 13.7. The highest BCUT2D eigenvalue weighted by atomic mass is 16.6. The number of carbonyl (C=O) groups is 1. The number of amides is 1. The summed E-state index contributed by atoms with van der Waals surface area (Å²) in [6.45, 7) is 8.39. The van der Waals surface area contributed by atoms with Crippen molar-refractivity contribution in [3.63, 3.8) is 0 Å². The first kappa shape index (κ1) is 19.4. The summed E-state index contributed by atoms with van der Waals surface area (Å²) in [6, 6.07) is 9.72. The van der Waals surface area contributed by atoms with E-state index in [1.807, 2.05) is 45.0 Å². The van der Waals surface area contributed by atoms with Crippen LogP contribution in [0.15, 0.2) is 41.3 Å². The van der Waals surface area contributed by atoms with Crippen LogP contribution in [-0.2, 0) is 11.3 Å². The number of carbonyl (C=O) groups excluding carboxylic acids is 1. The Balaban J connectivity index is 1.29. The van der Waals surface area contributed by atoms with Crippen molar-refractivity contribution in [3.05, 3.63) is 52.6 Å². The van der Waals surface area contributed by atoms with Gasteiger partial charge in [-0.1, -0.05) is 12.1 Å². The number of nitrogen functional groups attached to an aromatic ring is 1. The average molecular weight is 397 g/mol. The van der Waals surface area contributed by atoms with Crippen LogP contribution in [0.25, 0.3) is 5.69 Å². The van der Waals surface area contributed by atoms with Crippen molar-refractivity contribution >= 4 is 11.9 Å². The molecule has 4 rings (SSSR count). The third kappa shape index (κ3) is 4.42. The zero-order chi connectivity index (χ0) is 20.8. The number of nitrogens with two attached hydrogens (primary N) is 1. The fourth-order valence-electron chi connectivity index (χ4n) is 4.03. The smallest absolute Gasteiger partial charge is 0.407 e. The van der Waals surface area contributed by atoms with Gasteiger partial charge in [0.05, 0.1) is 5.69 Å². The second-order valence-electron chi connectivity index (χ2n) is 8.87. The second-order valence-corrected chi connectivity index (χ2v) is 8.87. The van der Waals surface area contributed by atoms with Crippen LogP contribution in [0.4, 0.5) is 10.6 Å². The molecule has 0 radical (unpaired) electrons. The first-order valence-electron chi connectivity index (χ1n) is 9.86. The van der Waals surface area contributed by atoms with Gasteiger partial charge in [-0.3, -0.25) is 9.47 Å². The molecule has 3 atom stereocenters. The average Bonchev–Trinajstić information content (AvgIpc) is 3.06. The fourth-order valence-corrected chi connectivity index (χ4v) is 4.03. The Morgan fingerprint density at radius 2 is 1.86 bits per heavy atom. The van der Waals surface area contributed by atoms with Crippen molar-refractivity contribution in [1.82, 2.24) is 19.8 Å². The van der Waals surface area contributed by atoms with Gasteiger partial charge in [-0.05, 0) is 56.4 Å². The van der Waals surface area contributed by atoms with E-state index in [1.165, 1.54) is 10.1 Å². The first-order valence-corrected chi connectivity index (χ1v) is 9.86. The number of rotatable bonds is 4. The number of benzene rings is 1. The quantitative estimate of drug-likeness (QED) is 0.815. The maximum absolute atomic E-state index is 12.0. The number of ether oxygens (including phenoxy) is 1. The molecule has 1 amide bonds. The number of nitrogens with one attached hydrogen (secondary N) is 1. The molecule has 1 aromatic carbocycles. The fraction of sp³-hybridized carbons (Fsp3) is 0.476. The number of anilines is 1. The van der Waals surface area contributed by atoms with Gasteiger partial charge in [0.2, 0.25) is 0 Å². The van der Waals surface area contributed by atoms with E-state index in [4.69, 9.17) is 10.5 Å². The summed E-state index contributed by atoms with van der Waals surface area (Å²) in [5.41, 5.74) is 6.62. The number of likely N-dealkylation sites (tertiary alicyclic amines) is 1. The number of fused-ring (bicyclic) bond motifs is 1. The Hall–Kier alpha value is -2.87. The van der Waals surface area contributed by atoms with Gasteiger partial charge in [-0.25, -0.2) is 9.59 Å². The molecule has 1 aromatic heterocycles. The van der Waals surface area contributed by atoms with Crippen molar-refractivity contribution in [2.24, 2.45) is 11.8 Å². The van der Waals surface area contributed by atoms with Crippen LogP contribution in [0.3, 0.4) is 0 Å². The summed E-state index contributed by atoms with van der Waals surface area (Å²) < 4.78 is 6.81. The summed E-state index contributed by atoms with van der Waals surface area (Å²) in [4.78, 5) is 30.0. The van der Waals surface area contributed by atoms with Crippen LogP contribution >= 0.6 is 0 Å². The molecule has 1 aliphatic heterocycles. The molecule has 8 nitrogen and oxygen atoms in total. The summed E-state index contributed by atoms with van der Waals surface area (Å²) in [5, 5.41) is 3.00. The lowest BCUT2D eigenvalue weighted by Crippen LogP contribution is -2.38. The molecule has 1 aliphatic carbocycles. The highest BCUT2D eigenvalue weighted by molar-refractivity contribution is 5.68. The third-order valence-electron chi connectivity index (χ3n) is 5.40. The van der Waals surface area contributed by atoms with Crippen LogP contribution in [0.2, 0.25) is 0 Å². The van der Waals surface area contributed by atoms with E-state index in [1.54, 1.807) is 12.3 Å². The van der Waals surface area contributed by atoms with Crippen LogP contribution in [0.1, 0.15) is 26.3 Å². The van der Waals surface area contributed by atoms with E-state index in [9.17, 15) is 9.59 Å². The summed E-state index contributed by atoms with van der Waals surface area (Å²) in [7, 11) is 0. The molecule has 154 valence electrons. The number of nitrogens with zero attached hydrogens (tertiary/aromatic N) is 3. The molecule has 2 aliphatic rings. The van der Waals surface area contributed by atoms with Crippen LogP contribution in [0, 0.1) is 11.8 Å².